The van der Waals surface area contributed by atoms with E-state index < -0.39 is 23.5 Å². The molecule has 2 aromatic carbocycles. The van der Waals surface area contributed by atoms with E-state index in [0.29, 0.717) is 16.9 Å². The van der Waals surface area contributed by atoms with Crippen LogP contribution in [0.3, 0.4) is 0 Å². The maximum Gasteiger partial charge on any atom is 0.295 e. The summed E-state index contributed by atoms with van der Waals surface area (Å²) in [7, 11) is 4.22. The van der Waals surface area contributed by atoms with Gasteiger partial charge in [-0.25, -0.2) is 0 Å². The summed E-state index contributed by atoms with van der Waals surface area (Å²) in [5.41, 5.74) is 1.08. The average molecular weight is 529 g/mol. The minimum absolute atomic E-state index is 0.00693. The molecule has 1 aliphatic heterocycles. The van der Waals surface area contributed by atoms with E-state index in [-0.39, 0.29) is 39.2 Å². The van der Waals surface area contributed by atoms with Crippen molar-refractivity contribution in [3.05, 3.63) is 87.2 Å². The second-order valence-electron chi connectivity index (χ2n) is 7.82. The van der Waals surface area contributed by atoms with Crippen molar-refractivity contribution in [3.8, 4) is 17.2 Å². The highest BCUT2D eigenvalue weighted by molar-refractivity contribution is 6.47. The molecular weight excluding hydrogens is 507 g/mol. The Hall–Kier alpha value is -3.75. The van der Waals surface area contributed by atoms with E-state index in [2.05, 4.69) is 4.98 Å². The largest absolute Gasteiger partial charge is 0.507 e. The molecule has 1 fully saturated rings. The van der Waals surface area contributed by atoms with Crippen LogP contribution in [-0.4, -0.2) is 48.0 Å². The molecule has 1 amide bonds. The number of aliphatic hydroxyl groups excluding tert-OH is 1. The van der Waals surface area contributed by atoms with E-state index in [1.807, 2.05) is 0 Å². The number of methoxy groups -OCH3 is 3. The number of ether oxygens (including phenoxy) is 3. The Morgan fingerprint density at radius 1 is 1.03 bits per heavy atom. The van der Waals surface area contributed by atoms with Crippen LogP contribution in [0, 0.1) is 0 Å². The summed E-state index contributed by atoms with van der Waals surface area (Å²) in [4.78, 5) is 32.2. The molecule has 1 aromatic heterocycles. The minimum atomic E-state index is -0.981. The molecule has 8 nitrogen and oxygen atoms in total. The molecule has 1 saturated heterocycles. The van der Waals surface area contributed by atoms with Crippen LogP contribution in [0.5, 0.6) is 17.2 Å². The lowest BCUT2D eigenvalue weighted by molar-refractivity contribution is -0.140. The van der Waals surface area contributed by atoms with Crippen LogP contribution < -0.4 is 14.2 Å². The van der Waals surface area contributed by atoms with Gasteiger partial charge in [0.05, 0.1) is 43.5 Å². The lowest BCUT2D eigenvalue weighted by atomic mass is 9.94. The van der Waals surface area contributed by atoms with Gasteiger partial charge in [-0.1, -0.05) is 47.5 Å². The molecule has 1 unspecified atom stereocenters. The molecule has 0 radical (unpaired) electrons. The zero-order valence-corrected chi connectivity index (χ0v) is 21.1. The molecule has 0 spiro atoms. The number of carbonyl (C=O) groups excluding carboxylic acids is 2. The fourth-order valence-electron chi connectivity index (χ4n) is 4.24. The van der Waals surface area contributed by atoms with Gasteiger partial charge < -0.3 is 24.2 Å². The van der Waals surface area contributed by atoms with Crippen molar-refractivity contribution >= 4 is 40.7 Å². The molecule has 186 valence electrons. The fourth-order valence-corrected chi connectivity index (χ4v) is 4.93. The van der Waals surface area contributed by atoms with Crippen molar-refractivity contribution in [1.82, 2.24) is 9.88 Å². The predicted octanol–water partition coefficient (Wildman–Crippen LogP) is 5.04. The molecule has 4 rings (SSSR count). The highest BCUT2D eigenvalue weighted by Gasteiger charge is 2.47. The number of halogens is 2. The Morgan fingerprint density at radius 3 is 2.39 bits per heavy atom. The number of Topliss-reactive ketones (excluding diaryl/α,β-unsaturated/α-hetero) is 1. The number of pyridine rings is 1. The number of likely N-dealkylation sites (tertiary alicyclic amines) is 1. The van der Waals surface area contributed by atoms with Gasteiger partial charge >= 0.3 is 0 Å². The number of rotatable bonds is 7. The van der Waals surface area contributed by atoms with Crippen molar-refractivity contribution in [2.24, 2.45) is 0 Å². The topological polar surface area (TPSA) is 98.2 Å². The third-order valence-electron chi connectivity index (χ3n) is 5.84. The lowest BCUT2D eigenvalue weighted by Crippen LogP contribution is -2.29. The second kappa shape index (κ2) is 10.5. The van der Waals surface area contributed by atoms with E-state index in [1.54, 1.807) is 48.8 Å². The number of aliphatic hydroxyl groups is 1. The summed E-state index contributed by atoms with van der Waals surface area (Å²) < 4.78 is 16.2. The predicted molar refractivity (Wildman–Crippen MR) is 135 cm³/mol. The number of amides is 1. The minimum Gasteiger partial charge on any atom is -0.507 e. The highest BCUT2D eigenvalue weighted by atomic mass is 35.5. The normalized spacial score (nSPS) is 16.8. The van der Waals surface area contributed by atoms with Crippen LogP contribution in [0.4, 0.5) is 0 Å². The molecule has 0 aliphatic carbocycles. The number of ketones is 1. The summed E-state index contributed by atoms with van der Waals surface area (Å²) in [5, 5.41) is 11.6. The van der Waals surface area contributed by atoms with Crippen LogP contribution >= 0.6 is 23.2 Å². The SMILES string of the molecule is COc1ccccc1C1/C(=C(\O)c2cc(Cl)c(OC)c(Cl)c2OC)C(=O)C(=O)N1Cc1cccnc1. The average Bonchev–Trinajstić information content (AvgIpc) is 3.13. The molecule has 1 N–H and O–H groups in total. The van der Waals surface area contributed by atoms with Gasteiger partial charge in [-0.05, 0) is 23.8 Å². The van der Waals surface area contributed by atoms with Gasteiger partial charge in [0.1, 0.15) is 16.5 Å². The first-order chi connectivity index (χ1) is 17.3. The molecule has 10 heteroatoms. The maximum absolute atomic E-state index is 13.4. The van der Waals surface area contributed by atoms with E-state index in [1.165, 1.54) is 32.3 Å². The quantitative estimate of drug-likeness (QED) is 0.260. The standard InChI is InChI=1S/C26H22Cl2N2O6/c1-34-18-9-5-4-8-15(18)21-19(23(32)26(33)30(21)13-14-7-6-10-29-12-14)22(31)16-11-17(27)25(36-3)20(28)24(16)35-2/h4-12,21,31H,13H2,1-3H3/b22-19+. The first-order valence-electron chi connectivity index (χ1n) is 10.7. The van der Waals surface area contributed by atoms with Gasteiger partial charge in [0.15, 0.2) is 11.5 Å². The van der Waals surface area contributed by atoms with Gasteiger partial charge in [-0.2, -0.15) is 0 Å². The van der Waals surface area contributed by atoms with Gasteiger partial charge in [0.2, 0.25) is 0 Å². The molecule has 1 aliphatic rings. The van der Waals surface area contributed by atoms with E-state index in [4.69, 9.17) is 37.4 Å². The molecule has 1 atom stereocenters. The first-order valence-corrected chi connectivity index (χ1v) is 11.5. The number of carbonyl (C=O) groups is 2. The van der Waals surface area contributed by atoms with Crippen LogP contribution in [0.2, 0.25) is 10.0 Å². The van der Waals surface area contributed by atoms with Crippen LogP contribution in [0.25, 0.3) is 5.76 Å². The summed E-state index contributed by atoms with van der Waals surface area (Å²) in [5.74, 6) is -1.55. The lowest BCUT2D eigenvalue weighted by Gasteiger charge is -2.26. The van der Waals surface area contributed by atoms with E-state index >= 15 is 0 Å². The highest BCUT2D eigenvalue weighted by Crippen LogP contribution is 2.48. The zero-order valence-electron chi connectivity index (χ0n) is 19.6. The van der Waals surface area contributed by atoms with Gasteiger partial charge in [-0.3, -0.25) is 14.6 Å². The number of nitrogens with zero attached hydrogens (tertiary/aromatic N) is 2. The van der Waals surface area contributed by atoms with Crippen LogP contribution in [0.15, 0.2) is 60.4 Å². The molecule has 0 bridgehead atoms. The molecule has 3 aromatic rings. The summed E-state index contributed by atoms with van der Waals surface area (Å²) in [6.45, 7) is 0.0686. The number of hydrogen-bond acceptors (Lipinski definition) is 7. The Balaban J connectivity index is 1.98. The first kappa shape index (κ1) is 25.3. The number of aromatic nitrogens is 1. The third-order valence-corrected chi connectivity index (χ3v) is 6.47. The van der Waals surface area contributed by atoms with Crippen LogP contribution in [0.1, 0.15) is 22.7 Å². The molecule has 36 heavy (non-hydrogen) atoms. The molecular formula is C26H22Cl2N2O6. The van der Waals surface area contributed by atoms with Crippen molar-refractivity contribution in [2.45, 2.75) is 12.6 Å². The molecule has 2 heterocycles. The Bertz CT molecular complexity index is 1360. The van der Waals surface area contributed by atoms with Crippen molar-refractivity contribution in [1.29, 1.82) is 0 Å². The van der Waals surface area contributed by atoms with Crippen molar-refractivity contribution in [3.63, 3.8) is 0 Å². The summed E-state index contributed by atoms with van der Waals surface area (Å²) in [6.07, 6.45) is 3.21. The monoisotopic (exact) mass is 528 g/mol. The zero-order chi connectivity index (χ0) is 26.0. The van der Waals surface area contributed by atoms with Crippen LogP contribution in [-0.2, 0) is 16.1 Å². The number of hydrogen-bond donors (Lipinski definition) is 1. The van der Waals surface area contributed by atoms with E-state index in [0.717, 1.165) is 0 Å². The molecule has 0 saturated carbocycles. The fraction of sp³-hybridized carbons (Fsp3) is 0.192. The van der Waals surface area contributed by atoms with Gasteiger partial charge in [-0.15, -0.1) is 0 Å². The smallest absolute Gasteiger partial charge is 0.295 e. The third kappa shape index (κ3) is 4.34. The van der Waals surface area contributed by atoms with Crippen molar-refractivity contribution in [2.75, 3.05) is 21.3 Å². The van der Waals surface area contributed by atoms with Crippen molar-refractivity contribution < 1.29 is 28.9 Å². The second-order valence-corrected chi connectivity index (χ2v) is 8.60. The summed E-state index contributed by atoms with van der Waals surface area (Å²) in [6, 6.07) is 10.9. The van der Waals surface area contributed by atoms with E-state index in [9.17, 15) is 14.7 Å². The maximum atomic E-state index is 13.4. The Morgan fingerprint density at radius 2 is 1.75 bits per heavy atom. The number of benzene rings is 2. The Kier molecular flexibility index (Phi) is 7.37. The van der Waals surface area contributed by atoms with Gasteiger partial charge in [0, 0.05) is 24.5 Å². The van der Waals surface area contributed by atoms with Gasteiger partial charge in [0.25, 0.3) is 11.7 Å². The Labute approximate surface area is 217 Å². The number of para-hydroxylation sites is 1. The summed E-state index contributed by atoms with van der Waals surface area (Å²) >= 11 is 12.7.